The molecule has 0 saturated heterocycles. The molecule has 1 aliphatic heterocycles. The molecule has 0 bridgehead atoms. The molecular weight excluding hydrogens is 378 g/mol. The summed E-state index contributed by atoms with van der Waals surface area (Å²) in [5, 5.41) is 1.09. The quantitative estimate of drug-likeness (QED) is 0.480. The molecule has 27 heavy (non-hydrogen) atoms. The number of ether oxygens (including phenoxy) is 1. The Morgan fingerprint density at radius 2 is 2.11 bits per heavy atom. The van der Waals surface area contributed by atoms with E-state index in [4.69, 9.17) is 9.72 Å². The Morgan fingerprint density at radius 3 is 2.81 bits per heavy atom. The van der Waals surface area contributed by atoms with E-state index in [9.17, 15) is 4.79 Å². The van der Waals surface area contributed by atoms with Crippen LogP contribution in [0.4, 0.5) is 0 Å². The molecular formula is C20H19N3O2S2. The van der Waals surface area contributed by atoms with Gasteiger partial charge in [-0.1, -0.05) is 24.8 Å². The van der Waals surface area contributed by atoms with Crippen LogP contribution in [0.1, 0.15) is 18.2 Å². The molecule has 1 unspecified atom stereocenters. The van der Waals surface area contributed by atoms with E-state index < -0.39 is 0 Å². The summed E-state index contributed by atoms with van der Waals surface area (Å²) in [6.45, 7) is 2.13. The highest BCUT2D eigenvalue weighted by Crippen LogP contribution is 2.35. The summed E-state index contributed by atoms with van der Waals surface area (Å²) in [4.78, 5) is 23.0. The normalized spacial score (nSPS) is 15.6. The van der Waals surface area contributed by atoms with Crippen LogP contribution in [0, 0.1) is 0 Å². The average Bonchev–Trinajstić information content (AvgIpc) is 3.08. The Hall–Kier alpha value is -2.25. The van der Waals surface area contributed by atoms with Gasteiger partial charge in [-0.15, -0.1) is 11.8 Å². The van der Waals surface area contributed by atoms with Gasteiger partial charge in [-0.3, -0.25) is 14.3 Å². The Kier molecular flexibility index (Phi) is 5.22. The molecule has 0 fully saturated rings. The lowest BCUT2D eigenvalue weighted by Crippen LogP contribution is -2.23. The molecule has 3 heterocycles. The summed E-state index contributed by atoms with van der Waals surface area (Å²) in [5.41, 5.74) is 2.82. The van der Waals surface area contributed by atoms with Gasteiger partial charge in [0.05, 0.1) is 23.4 Å². The third-order valence-electron chi connectivity index (χ3n) is 4.30. The largest absolute Gasteiger partial charge is 0.497 e. The molecule has 7 heteroatoms. The Labute approximate surface area is 166 Å². The number of fused-ring (bicyclic) bond motifs is 1. The Morgan fingerprint density at radius 1 is 1.30 bits per heavy atom. The maximum Gasteiger partial charge on any atom is 0.272 e. The topological polar surface area (TPSA) is 57.0 Å². The van der Waals surface area contributed by atoms with Crippen LogP contribution in [0.25, 0.3) is 5.69 Å². The summed E-state index contributed by atoms with van der Waals surface area (Å²) in [6.07, 6.45) is 4.43. The minimum atomic E-state index is 0.00760. The van der Waals surface area contributed by atoms with Crippen molar-refractivity contribution in [2.75, 3.05) is 7.11 Å². The number of rotatable bonds is 5. The first-order valence-corrected chi connectivity index (χ1v) is 10.5. The number of aromatic nitrogens is 3. The van der Waals surface area contributed by atoms with Crippen LogP contribution in [0.3, 0.4) is 0 Å². The maximum atomic E-state index is 13.2. The fourth-order valence-corrected chi connectivity index (χ4v) is 5.05. The second-order valence-electron chi connectivity index (χ2n) is 6.29. The molecule has 1 atom stereocenters. The third-order valence-corrected chi connectivity index (χ3v) is 6.53. The first-order chi connectivity index (χ1) is 13.2. The second-order valence-corrected chi connectivity index (χ2v) is 8.68. The van der Waals surface area contributed by atoms with Crippen molar-refractivity contribution in [1.82, 2.24) is 14.5 Å². The number of hydrogen-bond acceptors (Lipinski definition) is 6. The van der Waals surface area contributed by atoms with Crippen LogP contribution < -0.4 is 10.3 Å². The van der Waals surface area contributed by atoms with Crippen LogP contribution >= 0.6 is 23.5 Å². The molecule has 3 aromatic rings. The van der Waals surface area contributed by atoms with E-state index in [1.807, 2.05) is 42.6 Å². The molecule has 0 aliphatic carbocycles. The SMILES string of the molecule is COc1ccc(-n2c(SCc3cccnc3)nc3c(c2=O)SC(C)C3)cc1. The Bertz CT molecular complexity index is 1000. The van der Waals surface area contributed by atoms with E-state index in [0.717, 1.165) is 34.0 Å². The zero-order chi connectivity index (χ0) is 18.8. The molecule has 4 rings (SSSR count). The molecule has 1 aliphatic rings. The fourth-order valence-electron chi connectivity index (χ4n) is 2.99. The van der Waals surface area contributed by atoms with Crippen molar-refractivity contribution in [3.8, 4) is 11.4 Å². The molecule has 138 valence electrons. The van der Waals surface area contributed by atoms with E-state index in [2.05, 4.69) is 11.9 Å². The van der Waals surface area contributed by atoms with Gasteiger partial charge in [0.25, 0.3) is 5.56 Å². The standard InChI is InChI=1S/C20H19N3O2S2/c1-13-10-17-18(27-13)19(24)23(15-5-7-16(25-2)8-6-15)20(22-17)26-12-14-4-3-9-21-11-14/h3-9,11,13H,10,12H2,1-2H3. The van der Waals surface area contributed by atoms with Crippen LogP contribution in [0.5, 0.6) is 5.75 Å². The number of nitrogens with zero attached hydrogens (tertiary/aromatic N) is 3. The fraction of sp³-hybridized carbons (Fsp3) is 0.250. The Balaban J connectivity index is 1.77. The first kappa shape index (κ1) is 18.1. The van der Waals surface area contributed by atoms with Crippen molar-refractivity contribution in [2.24, 2.45) is 0 Å². The van der Waals surface area contributed by atoms with Crippen molar-refractivity contribution in [1.29, 1.82) is 0 Å². The highest BCUT2D eigenvalue weighted by Gasteiger charge is 2.26. The van der Waals surface area contributed by atoms with E-state index in [1.165, 1.54) is 0 Å². The third kappa shape index (κ3) is 3.75. The highest BCUT2D eigenvalue weighted by molar-refractivity contribution is 8.00. The predicted molar refractivity (Wildman–Crippen MR) is 109 cm³/mol. The second kappa shape index (κ2) is 7.78. The van der Waals surface area contributed by atoms with Crippen LogP contribution in [-0.4, -0.2) is 26.9 Å². The van der Waals surface area contributed by atoms with Gasteiger partial charge in [-0.05, 0) is 35.9 Å². The van der Waals surface area contributed by atoms with Gasteiger partial charge in [0.15, 0.2) is 5.16 Å². The van der Waals surface area contributed by atoms with E-state index in [1.54, 1.807) is 41.4 Å². The number of benzene rings is 1. The summed E-state index contributed by atoms with van der Waals surface area (Å²) in [7, 11) is 1.63. The van der Waals surface area contributed by atoms with Gasteiger partial charge in [-0.25, -0.2) is 4.98 Å². The molecule has 5 nitrogen and oxygen atoms in total. The minimum absolute atomic E-state index is 0.00760. The zero-order valence-electron chi connectivity index (χ0n) is 15.1. The summed E-state index contributed by atoms with van der Waals surface area (Å²) in [6, 6.07) is 11.5. The van der Waals surface area contributed by atoms with Crippen molar-refractivity contribution < 1.29 is 4.74 Å². The van der Waals surface area contributed by atoms with E-state index >= 15 is 0 Å². The number of hydrogen-bond donors (Lipinski definition) is 0. The van der Waals surface area contributed by atoms with Gasteiger partial charge in [0.2, 0.25) is 0 Å². The van der Waals surface area contributed by atoms with E-state index in [0.29, 0.717) is 16.2 Å². The highest BCUT2D eigenvalue weighted by atomic mass is 32.2. The van der Waals surface area contributed by atoms with Gasteiger partial charge in [0.1, 0.15) is 5.75 Å². The lowest BCUT2D eigenvalue weighted by Gasteiger charge is -2.14. The van der Waals surface area contributed by atoms with Crippen LogP contribution in [-0.2, 0) is 12.2 Å². The number of thioether (sulfide) groups is 2. The molecule has 2 aromatic heterocycles. The molecule has 0 amide bonds. The lowest BCUT2D eigenvalue weighted by molar-refractivity contribution is 0.414. The average molecular weight is 398 g/mol. The summed E-state index contributed by atoms with van der Waals surface area (Å²) in [5.74, 6) is 1.46. The molecule has 0 N–H and O–H groups in total. The van der Waals surface area contributed by atoms with Gasteiger partial charge in [-0.2, -0.15) is 0 Å². The summed E-state index contributed by atoms with van der Waals surface area (Å²) < 4.78 is 6.95. The van der Waals surface area contributed by atoms with Gasteiger partial charge >= 0.3 is 0 Å². The molecule has 1 aromatic carbocycles. The van der Waals surface area contributed by atoms with Gasteiger partial charge < -0.3 is 4.74 Å². The molecule has 0 radical (unpaired) electrons. The lowest BCUT2D eigenvalue weighted by atomic mass is 10.2. The van der Waals surface area contributed by atoms with Crippen molar-refractivity contribution in [3.63, 3.8) is 0 Å². The van der Waals surface area contributed by atoms with Crippen LogP contribution in [0.2, 0.25) is 0 Å². The van der Waals surface area contributed by atoms with Crippen LogP contribution in [0.15, 0.2) is 63.6 Å². The maximum absolute atomic E-state index is 13.2. The summed E-state index contributed by atoms with van der Waals surface area (Å²) >= 11 is 3.18. The molecule has 0 saturated carbocycles. The number of pyridine rings is 1. The van der Waals surface area contributed by atoms with Crippen molar-refractivity contribution in [2.45, 2.75) is 34.4 Å². The number of methoxy groups -OCH3 is 1. The molecule has 0 spiro atoms. The predicted octanol–water partition coefficient (Wildman–Crippen LogP) is 3.97. The zero-order valence-corrected chi connectivity index (χ0v) is 16.7. The smallest absolute Gasteiger partial charge is 0.272 e. The van der Waals surface area contributed by atoms with Crippen molar-refractivity contribution in [3.05, 3.63) is 70.4 Å². The first-order valence-electron chi connectivity index (χ1n) is 8.64. The van der Waals surface area contributed by atoms with E-state index in [-0.39, 0.29) is 5.56 Å². The monoisotopic (exact) mass is 397 g/mol. The minimum Gasteiger partial charge on any atom is -0.497 e. The van der Waals surface area contributed by atoms with Crippen molar-refractivity contribution >= 4 is 23.5 Å². The van der Waals surface area contributed by atoms with Gasteiger partial charge in [0, 0.05) is 29.8 Å².